The lowest BCUT2D eigenvalue weighted by atomic mass is 9.48. The van der Waals surface area contributed by atoms with Gasteiger partial charge in [-0.25, -0.2) is 0 Å². The molecule has 0 saturated heterocycles. The smallest absolute Gasteiger partial charge is 0.157 e. The molecule has 1 N–H and O–H groups in total. The van der Waals surface area contributed by atoms with Gasteiger partial charge in [0.15, 0.2) is 5.78 Å². The van der Waals surface area contributed by atoms with Gasteiger partial charge in [0.1, 0.15) is 0 Å². The minimum atomic E-state index is -0.394. The van der Waals surface area contributed by atoms with Crippen LogP contribution in [0.2, 0.25) is 0 Å². The summed E-state index contributed by atoms with van der Waals surface area (Å²) < 4.78 is 1.80. The fraction of sp³-hybridized carbons (Fsp3) is 0.840. The fourth-order valence-corrected chi connectivity index (χ4v) is 8.48. The number of nitrogens with zero attached hydrogens (tertiary/aromatic N) is 2. The molecular formula is C25H38N2O2. The first-order chi connectivity index (χ1) is 13.9. The van der Waals surface area contributed by atoms with Crippen LogP contribution in [0.3, 0.4) is 0 Å². The molecule has 1 aromatic rings. The van der Waals surface area contributed by atoms with Crippen molar-refractivity contribution in [2.75, 3.05) is 0 Å². The van der Waals surface area contributed by atoms with Crippen molar-refractivity contribution in [1.82, 2.24) is 9.78 Å². The molecule has 4 nitrogen and oxygen atoms in total. The van der Waals surface area contributed by atoms with Crippen molar-refractivity contribution in [1.29, 1.82) is 0 Å². The summed E-state index contributed by atoms with van der Waals surface area (Å²) in [6.07, 6.45) is 15.3. The van der Waals surface area contributed by atoms with Crippen molar-refractivity contribution >= 4 is 5.78 Å². The minimum absolute atomic E-state index is 0.192. The zero-order valence-electron chi connectivity index (χ0n) is 18.2. The van der Waals surface area contributed by atoms with Crippen molar-refractivity contribution in [3.8, 4) is 0 Å². The summed E-state index contributed by atoms with van der Waals surface area (Å²) in [5.41, 5.74) is -0.203. The van der Waals surface area contributed by atoms with Gasteiger partial charge in [-0.3, -0.25) is 9.48 Å². The van der Waals surface area contributed by atoms with Gasteiger partial charge in [-0.2, -0.15) is 5.10 Å². The van der Waals surface area contributed by atoms with E-state index in [0.29, 0.717) is 12.3 Å². The number of aromatic nitrogens is 2. The summed E-state index contributed by atoms with van der Waals surface area (Å²) in [5, 5.41) is 15.1. The molecule has 4 aliphatic carbocycles. The Morgan fingerprint density at radius 3 is 2.69 bits per heavy atom. The van der Waals surface area contributed by atoms with Gasteiger partial charge in [0.2, 0.25) is 0 Å². The van der Waals surface area contributed by atoms with Crippen LogP contribution in [-0.4, -0.2) is 26.3 Å². The average molecular weight is 399 g/mol. The Bertz CT molecular complexity index is 746. The van der Waals surface area contributed by atoms with E-state index in [1.807, 2.05) is 12.3 Å². The summed E-state index contributed by atoms with van der Waals surface area (Å²) in [7, 11) is 0. The van der Waals surface area contributed by atoms with Gasteiger partial charge < -0.3 is 5.11 Å². The summed E-state index contributed by atoms with van der Waals surface area (Å²) >= 11 is 0. The molecule has 5 rings (SSSR count). The zero-order valence-corrected chi connectivity index (χ0v) is 18.2. The maximum atomic E-state index is 13.2. The summed E-state index contributed by atoms with van der Waals surface area (Å²) in [6.45, 7) is 5.03. The monoisotopic (exact) mass is 398 g/mol. The van der Waals surface area contributed by atoms with Crippen molar-refractivity contribution in [2.45, 2.75) is 90.2 Å². The van der Waals surface area contributed by atoms with Crippen LogP contribution in [0.25, 0.3) is 0 Å². The number of ketones is 1. The fourth-order valence-electron chi connectivity index (χ4n) is 8.48. The highest BCUT2D eigenvalue weighted by Gasteiger charge is 2.58. The van der Waals surface area contributed by atoms with Crippen molar-refractivity contribution in [3.05, 3.63) is 18.5 Å². The topological polar surface area (TPSA) is 55.1 Å². The average Bonchev–Trinajstić information content (AvgIpc) is 3.34. The third kappa shape index (κ3) is 3.21. The van der Waals surface area contributed by atoms with Crippen molar-refractivity contribution in [3.63, 3.8) is 0 Å². The first kappa shape index (κ1) is 19.8. The van der Waals surface area contributed by atoms with Crippen molar-refractivity contribution < 1.29 is 9.90 Å². The molecule has 0 aromatic carbocycles. The third-order valence-electron chi connectivity index (χ3n) is 10.0. The second-order valence-electron chi connectivity index (χ2n) is 11.1. The van der Waals surface area contributed by atoms with Crippen LogP contribution < -0.4 is 0 Å². The van der Waals surface area contributed by atoms with Crippen LogP contribution in [0, 0.1) is 40.9 Å². The Hall–Kier alpha value is -1.16. The molecule has 4 heteroatoms. The van der Waals surface area contributed by atoms with Crippen LogP contribution in [0.5, 0.6) is 0 Å². The predicted molar refractivity (Wildman–Crippen MR) is 113 cm³/mol. The first-order valence-corrected chi connectivity index (χ1v) is 12.2. The van der Waals surface area contributed by atoms with E-state index in [0.717, 1.165) is 55.3 Å². The lowest BCUT2D eigenvalue weighted by Crippen LogP contribution is -2.51. The molecule has 160 valence electrons. The molecule has 0 bridgehead atoms. The number of rotatable bonds is 4. The van der Waals surface area contributed by atoms with Gasteiger partial charge in [-0.05, 0) is 105 Å². The van der Waals surface area contributed by atoms with Gasteiger partial charge in [0.05, 0.1) is 12.1 Å². The molecular weight excluding hydrogens is 360 g/mol. The molecule has 29 heavy (non-hydrogen) atoms. The van der Waals surface area contributed by atoms with Gasteiger partial charge in [0.25, 0.3) is 0 Å². The first-order valence-electron chi connectivity index (χ1n) is 12.2. The van der Waals surface area contributed by atoms with Gasteiger partial charge in [-0.1, -0.05) is 13.8 Å². The largest absolute Gasteiger partial charge is 0.390 e. The zero-order chi connectivity index (χ0) is 20.2. The van der Waals surface area contributed by atoms with E-state index in [-0.39, 0.29) is 11.3 Å². The molecule has 0 aliphatic heterocycles. The molecule has 0 unspecified atom stereocenters. The number of aliphatic hydroxyl groups is 1. The number of fused-ring (bicyclic) bond motifs is 5. The number of Topliss-reactive ketones (excluding diaryl/α,β-unsaturated/α-hetero) is 1. The second kappa shape index (κ2) is 7.21. The van der Waals surface area contributed by atoms with E-state index in [9.17, 15) is 9.90 Å². The Kier molecular flexibility index (Phi) is 4.92. The standard InChI is InChI=1S/C25H38N2O2/c1-3-25(29)12-10-18-17(15-25)5-6-20-19(18)9-11-24(2)21(20)7-8-22(24)23(28)16-27-14-4-13-26-27/h4,13-14,17-22,29H,3,5-12,15-16H2,1-2H3/t17-,18+,19-,20-,21+,22-,24+,25-/m1/s1. The highest BCUT2D eigenvalue weighted by Crippen LogP contribution is 2.64. The van der Waals surface area contributed by atoms with Gasteiger partial charge in [0, 0.05) is 18.3 Å². The van der Waals surface area contributed by atoms with Gasteiger partial charge >= 0.3 is 0 Å². The molecule has 0 spiro atoms. The molecule has 1 heterocycles. The number of carbonyl (C=O) groups is 1. The Morgan fingerprint density at radius 1 is 1.10 bits per heavy atom. The maximum Gasteiger partial charge on any atom is 0.157 e. The Labute approximate surface area is 175 Å². The highest BCUT2D eigenvalue weighted by atomic mass is 16.3. The highest BCUT2D eigenvalue weighted by molar-refractivity contribution is 5.82. The summed E-state index contributed by atoms with van der Waals surface area (Å²) in [6, 6.07) is 1.90. The van der Waals surface area contributed by atoms with Crippen LogP contribution in [0.15, 0.2) is 18.5 Å². The SMILES string of the molecule is CC[C@@]1(O)CC[C@H]2[C@H](CC[C@@H]3[C@@H]2CC[C@]2(C)[C@@H](C(=O)Cn4cccn4)CC[C@@H]32)C1. The molecule has 4 fully saturated rings. The number of hydrogen-bond donors (Lipinski definition) is 1. The van der Waals surface area contributed by atoms with E-state index in [1.54, 1.807) is 10.9 Å². The van der Waals surface area contributed by atoms with Crippen LogP contribution >= 0.6 is 0 Å². The molecule has 0 amide bonds. The summed E-state index contributed by atoms with van der Waals surface area (Å²) in [4.78, 5) is 13.2. The van der Waals surface area contributed by atoms with E-state index >= 15 is 0 Å². The predicted octanol–water partition coefficient (Wildman–Crippen LogP) is 4.86. The molecule has 1 aromatic heterocycles. The van der Waals surface area contributed by atoms with E-state index in [2.05, 4.69) is 18.9 Å². The summed E-state index contributed by atoms with van der Waals surface area (Å²) in [5.74, 6) is 4.55. The van der Waals surface area contributed by atoms with Gasteiger partial charge in [-0.15, -0.1) is 0 Å². The van der Waals surface area contributed by atoms with E-state index in [4.69, 9.17) is 0 Å². The van der Waals surface area contributed by atoms with Crippen LogP contribution in [0.1, 0.15) is 78.1 Å². The van der Waals surface area contributed by atoms with Crippen LogP contribution in [0.4, 0.5) is 0 Å². The third-order valence-corrected chi connectivity index (χ3v) is 10.0. The van der Waals surface area contributed by atoms with E-state index < -0.39 is 5.60 Å². The number of carbonyl (C=O) groups excluding carboxylic acids is 1. The van der Waals surface area contributed by atoms with E-state index in [1.165, 1.54) is 38.5 Å². The molecule has 4 saturated carbocycles. The molecule has 4 aliphatic rings. The Morgan fingerprint density at radius 2 is 1.93 bits per heavy atom. The quantitative estimate of drug-likeness (QED) is 0.788. The molecule has 8 atom stereocenters. The number of hydrogen-bond acceptors (Lipinski definition) is 3. The maximum absolute atomic E-state index is 13.2. The molecule has 0 radical (unpaired) electrons. The van der Waals surface area contributed by atoms with Crippen molar-refractivity contribution in [2.24, 2.45) is 40.9 Å². The Balaban J connectivity index is 1.31. The lowest BCUT2D eigenvalue weighted by molar-refractivity contribution is -0.133. The second-order valence-corrected chi connectivity index (χ2v) is 11.1. The minimum Gasteiger partial charge on any atom is -0.390 e. The normalized spacial score (nSPS) is 46.6. The lowest BCUT2D eigenvalue weighted by Gasteiger charge is -2.57. The van der Waals surface area contributed by atoms with Crippen LogP contribution in [-0.2, 0) is 11.3 Å².